The molecule has 2 aromatic heterocycles. The van der Waals surface area contributed by atoms with E-state index in [1.807, 2.05) is 28.1 Å². The first-order chi connectivity index (χ1) is 15.1. The van der Waals surface area contributed by atoms with Crippen molar-refractivity contribution in [3.8, 4) is 0 Å². The molecule has 7 heteroatoms. The van der Waals surface area contributed by atoms with Crippen LogP contribution in [0.3, 0.4) is 0 Å². The number of hydrogen-bond acceptors (Lipinski definition) is 5. The van der Waals surface area contributed by atoms with Crippen molar-refractivity contribution in [2.24, 2.45) is 5.92 Å². The maximum absolute atomic E-state index is 14.1. The molecule has 1 atom stereocenters. The monoisotopic (exact) mass is 438 g/mol. The lowest BCUT2D eigenvalue weighted by Gasteiger charge is -2.40. The van der Waals surface area contributed by atoms with Gasteiger partial charge in [0.15, 0.2) is 0 Å². The standard InChI is InChI=1S/C24H27FN4OS/c1-17-15-19-22(31-17)8-9-26-23(19)29-10-4-5-18(16-29)24(30)28-13-11-27(12-14-28)21-7-3-2-6-20(21)25/h2-3,6-9,15,18H,4-5,10-14,16H2,1H3. The summed E-state index contributed by atoms with van der Waals surface area (Å²) < 4.78 is 15.4. The summed E-state index contributed by atoms with van der Waals surface area (Å²) in [6.45, 7) is 6.38. The third kappa shape index (κ3) is 3.99. The number of thiophene rings is 1. The zero-order valence-corrected chi connectivity index (χ0v) is 18.6. The molecule has 0 N–H and O–H groups in total. The molecule has 2 aliphatic rings. The molecular weight excluding hydrogens is 411 g/mol. The van der Waals surface area contributed by atoms with Gasteiger partial charge >= 0.3 is 0 Å². The van der Waals surface area contributed by atoms with Crippen molar-refractivity contribution in [1.82, 2.24) is 9.88 Å². The van der Waals surface area contributed by atoms with Crippen LogP contribution in [0.1, 0.15) is 17.7 Å². The van der Waals surface area contributed by atoms with Crippen molar-refractivity contribution in [3.63, 3.8) is 0 Å². The lowest BCUT2D eigenvalue weighted by molar-refractivity contribution is -0.136. The number of hydrogen-bond donors (Lipinski definition) is 0. The van der Waals surface area contributed by atoms with Crippen molar-refractivity contribution in [3.05, 3.63) is 53.3 Å². The average Bonchev–Trinajstić information content (AvgIpc) is 3.19. The van der Waals surface area contributed by atoms with Gasteiger partial charge in [-0.05, 0) is 44.0 Å². The quantitative estimate of drug-likeness (QED) is 0.611. The van der Waals surface area contributed by atoms with Crippen molar-refractivity contribution in [1.29, 1.82) is 0 Å². The number of aromatic nitrogens is 1. The number of carbonyl (C=O) groups excluding carboxylic acids is 1. The molecule has 5 rings (SSSR count). The minimum atomic E-state index is -0.199. The van der Waals surface area contributed by atoms with E-state index in [-0.39, 0.29) is 17.6 Å². The fourth-order valence-electron chi connectivity index (χ4n) is 4.83. The van der Waals surface area contributed by atoms with E-state index in [0.29, 0.717) is 38.4 Å². The number of pyridine rings is 1. The molecule has 3 aromatic rings. The van der Waals surface area contributed by atoms with E-state index in [9.17, 15) is 9.18 Å². The maximum Gasteiger partial charge on any atom is 0.227 e. The fourth-order valence-corrected chi connectivity index (χ4v) is 5.75. The van der Waals surface area contributed by atoms with Crippen molar-refractivity contribution in [2.45, 2.75) is 19.8 Å². The van der Waals surface area contributed by atoms with Gasteiger partial charge in [-0.2, -0.15) is 0 Å². The van der Waals surface area contributed by atoms with E-state index in [4.69, 9.17) is 0 Å². The van der Waals surface area contributed by atoms with Gasteiger partial charge in [-0.3, -0.25) is 4.79 Å². The number of piperidine rings is 1. The summed E-state index contributed by atoms with van der Waals surface area (Å²) in [4.78, 5) is 25.5. The molecule has 1 aromatic carbocycles. The second-order valence-electron chi connectivity index (χ2n) is 8.45. The van der Waals surface area contributed by atoms with Gasteiger partial charge in [0.2, 0.25) is 5.91 Å². The van der Waals surface area contributed by atoms with Crippen LogP contribution in [-0.4, -0.2) is 55.1 Å². The van der Waals surface area contributed by atoms with E-state index in [0.717, 1.165) is 25.2 Å². The van der Waals surface area contributed by atoms with Crippen LogP contribution in [0.15, 0.2) is 42.6 Å². The third-order valence-electron chi connectivity index (χ3n) is 6.40. The van der Waals surface area contributed by atoms with E-state index >= 15 is 0 Å². The predicted molar refractivity (Wildman–Crippen MR) is 124 cm³/mol. The Hall–Kier alpha value is -2.67. The van der Waals surface area contributed by atoms with E-state index in [1.54, 1.807) is 17.4 Å². The largest absolute Gasteiger partial charge is 0.366 e. The van der Waals surface area contributed by atoms with Crippen LogP contribution >= 0.6 is 11.3 Å². The zero-order valence-electron chi connectivity index (χ0n) is 17.8. The van der Waals surface area contributed by atoms with E-state index in [2.05, 4.69) is 28.9 Å². The number of amides is 1. The highest BCUT2D eigenvalue weighted by Gasteiger charge is 2.32. The van der Waals surface area contributed by atoms with Crippen LogP contribution in [-0.2, 0) is 4.79 Å². The Morgan fingerprint density at radius 1 is 1.10 bits per heavy atom. The summed E-state index contributed by atoms with van der Waals surface area (Å²) in [6, 6.07) is 11.1. The minimum absolute atomic E-state index is 0.00875. The SMILES string of the molecule is Cc1cc2c(N3CCCC(C(=O)N4CCN(c5ccccc5F)CC4)C3)nccc2s1. The number of fused-ring (bicyclic) bond motifs is 1. The van der Waals surface area contributed by atoms with E-state index < -0.39 is 0 Å². The normalized spacial score (nSPS) is 19.8. The third-order valence-corrected chi connectivity index (χ3v) is 7.42. The molecule has 0 radical (unpaired) electrons. The van der Waals surface area contributed by atoms with Gasteiger partial charge in [0.05, 0.1) is 11.6 Å². The van der Waals surface area contributed by atoms with Gasteiger partial charge in [-0.15, -0.1) is 11.3 Å². The second kappa shape index (κ2) is 8.46. The number of piperazine rings is 1. The molecule has 1 amide bonds. The summed E-state index contributed by atoms with van der Waals surface area (Å²) >= 11 is 1.79. The van der Waals surface area contributed by atoms with Gasteiger partial charge in [0.25, 0.3) is 0 Å². The molecule has 2 aliphatic heterocycles. The summed E-state index contributed by atoms with van der Waals surface area (Å²) in [6.07, 6.45) is 3.79. The Morgan fingerprint density at radius 2 is 1.90 bits per heavy atom. The molecule has 2 fully saturated rings. The Balaban J connectivity index is 1.25. The van der Waals surface area contributed by atoms with Gasteiger partial charge in [-0.1, -0.05) is 12.1 Å². The Labute approximate surface area is 186 Å². The fraction of sp³-hybridized carbons (Fsp3) is 0.417. The maximum atomic E-state index is 14.1. The molecule has 1 unspecified atom stereocenters. The molecule has 4 heterocycles. The number of anilines is 2. The highest BCUT2D eigenvalue weighted by Crippen LogP contribution is 2.33. The summed E-state index contributed by atoms with van der Waals surface area (Å²) in [5, 5.41) is 1.19. The number of aryl methyl sites for hydroxylation is 1. The van der Waals surface area contributed by atoms with Gasteiger partial charge in [0, 0.05) is 60.4 Å². The first-order valence-corrected chi connectivity index (χ1v) is 11.8. The average molecular weight is 439 g/mol. The van der Waals surface area contributed by atoms with Crippen LogP contribution in [0.4, 0.5) is 15.9 Å². The molecule has 0 bridgehead atoms. The van der Waals surface area contributed by atoms with Gasteiger partial charge < -0.3 is 14.7 Å². The van der Waals surface area contributed by atoms with Crippen LogP contribution in [0.2, 0.25) is 0 Å². The van der Waals surface area contributed by atoms with Gasteiger partial charge in [0.1, 0.15) is 11.6 Å². The number of nitrogens with zero attached hydrogens (tertiary/aromatic N) is 4. The molecule has 0 aliphatic carbocycles. The lowest BCUT2D eigenvalue weighted by Crippen LogP contribution is -2.52. The van der Waals surface area contributed by atoms with Crippen molar-refractivity contribution < 1.29 is 9.18 Å². The number of halogens is 1. The number of carbonyl (C=O) groups is 1. The highest BCUT2D eigenvalue weighted by molar-refractivity contribution is 7.19. The highest BCUT2D eigenvalue weighted by atomic mass is 32.1. The topological polar surface area (TPSA) is 39.7 Å². The molecule has 31 heavy (non-hydrogen) atoms. The minimum Gasteiger partial charge on any atom is -0.366 e. The molecule has 162 valence electrons. The van der Waals surface area contributed by atoms with Crippen molar-refractivity contribution >= 4 is 38.8 Å². The Kier molecular flexibility index (Phi) is 5.52. The molecule has 0 saturated carbocycles. The van der Waals surface area contributed by atoms with E-state index in [1.165, 1.54) is 21.0 Å². The van der Waals surface area contributed by atoms with Crippen LogP contribution in [0.25, 0.3) is 10.1 Å². The first-order valence-electron chi connectivity index (χ1n) is 11.0. The molecular formula is C24H27FN4OS. The Bertz CT molecular complexity index is 1090. The Morgan fingerprint density at radius 3 is 2.71 bits per heavy atom. The number of benzene rings is 1. The lowest BCUT2D eigenvalue weighted by atomic mass is 9.96. The smallest absolute Gasteiger partial charge is 0.227 e. The molecule has 0 spiro atoms. The summed E-state index contributed by atoms with van der Waals surface area (Å²) in [5.41, 5.74) is 0.628. The summed E-state index contributed by atoms with van der Waals surface area (Å²) in [5.74, 6) is 1.02. The first kappa shape index (κ1) is 20.2. The van der Waals surface area contributed by atoms with Crippen LogP contribution < -0.4 is 9.80 Å². The molecule has 5 nitrogen and oxygen atoms in total. The number of rotatable bonds is 3. The van der Waals surface area contributed by atoms with Crippen LogP contribution in [0.5, 0.6) is 0 Å². The molecule has 2 saturated heterocycles. The van der Waals surface area contributed by atoms with Gasteiger partial charge in [-0.25, -0.2) is 9.37 Å². The predicted octanol–water partition coefficient (Wildman–Crippen LogP) is 4.31. The summed E-state index contributed by atoms with van der Waals surface area (Å²) in [7, 11) is 0. The zero-order chi connectivity index (χ0) is 21.4. The van der Waals surface area contributed by atoms with Crippen LogP contribution in [0, 0.1) is 18.7 Å². The van der Waals surface area contributed by atoms with Crippen molar-refractivity contribution in [2.75, 3.05) is 49.1 Å². The number of para-hydroxylation sites is 1. The second-order valence-corrected chi connectivity index (χ2v) is 9.74.